The van der Waals surface area contributed by atoms with Gasteiger partial charge in [-0.15, -0.1) is 0 Å². The fourth-order valence-electron chi connectivity index (χ4n) is 2.46. The van der Waals surface area contributed by atoms with Crippen LogP contribution in [-0.4, -0.2) is 30.1 Å². The summed E-state index contributed by atoms with van der Waals surface area (Å²) in [6.07, 6.45) is 0. The molecule has 2 aromatic carbocycles. The van der Waals surface area contributed by atoms with Crippen molar-refractivity contribution in [1.82, 2.24) is 16.2 Å². The molecule has 7 nitrogen and oxygen atoms in total. The van der Waals surface area contributed by atoms with Crippen molar-refractivity contribution in [3.05, 3.63) is 56.5 Å². The highest BCUT2D eigenvalue weighted by Gasteiger charge is 2.15. The molecule has 3 N–H and O–H groups in total. The SMILES string of the molecule is CCOc1ccc(Br)cc1C(=O)NC(=S)NNC(=O)COc1ccc(C(C)C)cc1Br. The van der Waals surface area contributed by atoms with Crippen LogP contribution in [0.4, 0.5) is 0 Å². The summed E-state index contributed by atoms with van der Waals surface area (Å²) in [6.45, 7) is 6.19. The van der Waals surface area contributed by atoms with Crippen molar-refractivity contribution in [2.75, 3.05) is 13.2 Å². The first kappa shape index (κ1) is 25.1. The summed E-state index contributed by atoms with van der Waals surface area (Å²) in [4.78, 5) is 24.5. The molecular formula is C21H23Br2N3O4S. The average Bonchev–Trinajstić information content (AvgIpc) is 2.72. The van der Waals surface area contributed by atoms with Gasteiger partial charge in [-0.2, -0.15) is 0 Å². The quantitative estimate of drug-likeness (QED) is 0.336. The van der Waals surface area contributed by atoms with E-state index in [0.29, 0.717) is 29.6 Å². The third-order valence-corrected chi connectivity index (χ3v) is 5.33. The third kappa shape index (κ3) is 7.79. The maximum Gasteiger partial charge on any atom is 0.276 e. The van der Waals surface area contributed by atoms with Crippen LogP contribution in [0.5, 0.6) is 11.5 Å². The first-order chi connectivity index (χ1) is 14.7. The van der Waals surface area contributed by atoms with Crippen LogP contribution in [0.3, 0.4) is 0 Å². The van der Waals surface area contributed by atoms with E-state index in [1.165, 1.54) is 0 Å². The van der Waals surface area contributed by atoms with Crippen LogP contribution in [0.15, 0.2) is 45.3 Å². The highest BCUT2D eigenvalue weighted by Crippen LogP contribution is 2.28. The smallest absolute Gasteiger partial charge is 0.276 e. The predicted molar refractivity (Wildman–Crippen MR) is 130 cm³/mol. The van der Waals surface area contributed by atoms with Gasteiger partial charge in [-0.25, -0.2) is 0 Å². The number of hydrazine groups is 1. The molecule has 0 saturated heterocycles. The summed E-state index contributed by atoms with van der Waals surface area (Å²) >= 11 is 11.8. The Hall–Kier alpha value is -2.17. The molecule has 2 aromatic rings. The number of rotatable bonds is 7. The summed E-state index contributed by atoms with van der Waals surface area (Å²) in [5.41, 5.74) is 6.33. The highest BCUT2D eigenvalue weighted by molar-refractivity contribution is 9.10. The van der Waals surface area contributed by atoms with Gasteiger partial charge in [0, 0.05) is 4.47 Å². The van der Waals surface area contributed by atoms with Crippen molar-refractivity contribution in [2.24, 2.45) is 0 Å². The summed E-state index contributed by atoms with van der Waals surface area (Å²) < 4.78 is 12.5. The van der Waals surface area contributed by atoms with Crippen molar-refractivity contribution in [2.45, 2.75) is 26.7 Å². The summed E-state index contributed by atoms with van der Waals surface area (Å²) in [6, 6.07) is 10.8. The zero-order valence-corrected chi connectivity index (χ0v) is 21.2. The van der Waals surface area contributed by atoms with Crippen LogP contribution in [0.2, 0.25) is 0 Å². The van der Waals surface area contributed by atoms with E-state index < -0.39 is 11.8 Å². The first-order valence-electron chi connectivity index (χ1n) is 9.46. The lowest BCUT2D eigenvalue weighted by Crippen LogP contribution is -2.49. The number of ether oxygens (including phenoxy) is 2. The first-order valence-corrected chi connectivity index (χ1v) is 11.5. The Kier molecular flexibility index (Phi) is 9.73. The lowest BCUT2D eigenvalue weighted by molar-refractivity contribution is -0.123. The Labute approximate surface area is 203 Å². The predicted octanol–water partition coefficient (Wildman–Crippen LogP) is 4.45. The zero-order chi connectivity index (χ0) is 23.0. The molecule has 0 bridgehead atoms. The van der Waals surface area contributed by atoms with Gasteiger partial charge < -0.3 is 9.47 Å². The molecule has 0 aliphatic carbocycles. The van der Waals surface area contributed by atoms with Crippen molar-refractivity contribution in [3.8, 4) is 11.5 Å². The Balaban J connectivity index is 1.84. The van der Waals surface area contributed by atoms with Crippen molar-refractivity contribution >= 4 is 61.0 Å². The van der Waals surface area contributed by atoms with Crippen LogP contribution in [0.25, 0.3) is 0 Å². The zero-order valence-electron chi connectivity index (χ0n) is 17.3. The molecule has 0 radical (unpaired) electrons. The van der Waals surface area contributed by atoms with Crippen LogP contribution in [-0.2, 0) is 4.79 Å². The van der Waals surface area contributed by atoms with E-state index in [1.54, 1.807) is 24.3 Å². The molecule has 0 aromatic heterocycles. The Morgan fingerprint density at radius 2 is 1.74 bits per heavy atom. The van der Waals surface area contributed by atoms with Crippen molar-refractivity contribution in [1.29, 1.82) is 0 Å². The lowest BCUT2D eigenvalue weighted by Gasteiger charge is -2.14. The molecule has 31 heavy (non-hydrogen) atoms. The van der Waals surface area contributed by atoms with Crippen LogP contribution in [0, 0.1) is 0 Å². The van der Waals surface area contributed by atoms with Gasteiger partial charge in [0.25, 0.3) is 11.8 Å². The second-order valence-electron chi connectivity index (χ2n) is 6.66. The second kappa shape index (κ2) is 12.0. The van der Waals surface area contributed by atoms with Gasteiger partial charge in [0.2, 0.25) is 0 Å². The maximum absolute atomic E-state index is 12.5. The van der Waals surface area contributed by atoms with E-state index in [-0.39, 0.29) is 11.7 Å². The second-order valence-corrected chi connectivity index (χ2v) is 8.84. The minimum Gasteiger partial charge on any atom is -0.493 e. The molecule has 0 spiro atoms. The monoisotopic (exact) mass is 571 g/mol. The Morgan fingerprint density at radius 3 is 2.39 bits per heavy atom. The molecular weight excluding hydrogens is 550 g/mol. The fraction of sp³-hybridized carbons (Fsp3) is 0.286. The van der Waals surface area contributed by atoms with Crippen molar-refractivity contribution in [3.63, 3.8) is 0 Å². The minimum absolute atomic E-state index is 0.0664. The van der Waals surface area contributed by atoms with Gasteiger partial charge in [0.1, 0.15) is 11.5 Å². The number of carbonyl (C=O) groups excluding carboxylic acids is 2. The molecule has 166 valence electrons. The number of amides is 2. The van der Waals surface area contributed by atoms with Gasteiger partial charge in [0.15, 0.2) is 11.7 Å². The maximum atomic E-state index is 12.5. The molecule has 0 heterocycles. The summed E-state index contributed by atoms with van der Waals surface area (Å²) in [5, 5.41) is 2.43. The van der Waals surface area contributed by atoms with E-state index >= 15 is 0 Å². The van der Waals surface area contributed by atoms with Crippen LogP contribution >= 0.6 is 44.1 Å². The van der Waals surface area contributed by atoms with E-state index in [1.807, 2.05) is 19.1 Å². The highest BCUT2D eigenvalue weighted by atomic mass is 79.9. The molecule has 0 saturated carbocycles. The summed E-state index contributed by atoms with van der Waals surface area (Å²) in [5.74, 6) is 0.428. The number of nitrogens with one attached hydrogen (secondary N) is 3. The van der Waals surface area contributed by atoms with E-state index in [9.17, 15) is 9.59 Å². The molecule has 0 aliphatic rings. The van der Waals surface area contributed by atoms with Gasteiger partial charge in [-0.1, -0.05) is 35.8 Å². The topological polar surface area (TPSA) is 88.7 Å². The van der Waals surface area contributed by atoms with E-state index in [0.717, 1.165) is 14.5 Å². The van der Waals surface area contributed by atoms with Gasteiger partial charge in [0.05, 0.1) is 16.6 Å². The molecule has 2 rings (SSSR count). The van der Waals surface area contributed by atoms with Gasteiger partial charge >= 0.3 is 0 Å². The summed E-state index contributed by atoms with van der Waals surface area (Å²) in [7, 11) is 0. The van der Waals surface area contributed by atoms with Crippen LogP contribution in [0.1, 0.15) is 42.6 Å². The molecule has 0 fully saturated rings. The molecule has 2 amide bonds. The van der Waals surface area contributed by atoms with Gasteiger partial charge in [-0.05, 0) is 76.9 Å². The fourth-order valence-corrected chi connectivity index (χ4v) is 3.48. The Bertz CT molecular complexity index is 970. The molecule has 0 aliphatic heterocycles. The number of halogens is 2. The minimum atomic E-state index is -0.470. The van der Waals surface area contributed by atoms with Gasteiger partial charge in [-0.3, -0.25) is 25.8 Å². The average molecular weight is 573 g/mol. The lowest BCUT2D eigenvalue weighted by atomic mass is 10.0. The molecule has 0 atom stereocenters. The molecule has 10 heteroatoms. The third-order valence-electron chi connectivity index (χ3n) is 4.01. The van der Waals surface area contributed by atoms with Crippen molar-refractivity contribution < 1.29 is 19.1 Å². The number of hydrogen-bond acceptors (Lipinski definition) is 5. The normalized spacial score (nSPS) is 10.4. The van der Waals surface area contributed by atoms with Crippen LogP contribution < -0.4 is 25.6 Å². The molecule has 0 unspecified atom stereocenters. The van der Waals surface area contributed by atoms with E-state index in [4.69, 9.17) is 21.7 Å². The standard InChI is InChI=1S/C21H23Br2N3O4S/c1-4-29-17-8-6-14(22)10-15(17)20(28)24-21(31)26-25-19(27)11-30-18-7-5-13(12(2)3)9-16(18)23/h5-10,12H,4,11H2,1-3H3,(H,25,27)(H2,24,26,28,31). The number of thiocarbonyl (C=S) groups is 1. The number of carbonyl (C=O) groups is 2. The largest absolute Gasteiger partial charge is 0.493 e. The Morgan fingerprint density at radius 1 is 1.03 bits per heavy atom. The van der Waals surface area contributed by atoms with E-state index in [2.05, 4.69) is 61.9 Å². The number of benzene rings is 2. The number of hydrogen-bond donors (Lipinski definition) is 3.